The summed E-state index contributed by atoms with van der Waals surface area (Å²) in [5.41, 5.74) is 0. The Morgan fingerprint density at radius 1 is 1.21 bits per heavy atom. The first-order valence-electron chi connectivity index (χ1n) is 5.17. The molecule has 0 aliphatic heterocycles. The molecule has 0 saturated heterocycles. The summed E-state index contributed by atoms with van der Waals surface area (Å²) in [6.07, 6.45) is 2.07. The average molecular weight is 193 g/mol. The standard InChI is InChI=1S/C11H19N3/c1-4-11(6-8-13)14(10(2)3)9-5-7-12/h10-11H,4-6,9H2,1-3H3. The first-order chi connectivity index (χ1) is 6.67. The molecule has 0 spiro atoms. The van der Waals surface area contributed by atoms with Gasteiger partial charge in [-0.15, -0.1) is 0 Å². The summed E-state index contributed by atoms with van der Waals surface area (Å²) in [5, 5.41) is 17.2. The zero-order chi connectivity index (χ0) is 11.0. The van der Waals surface area contributed by atoms with Gasteiger partial charge in [0.1, 0.15) is 0 Å². The van der Waals surface area contributed by atoms with E-state index in [0.717, 1.165) is 13.0 Å². The summed E-state index contributed by atoms with van der Waals surface area (Å²) in [5.74, 6) is 0. The lowest BCUT2D eigenvalue weighted by Crippen LogP contribution is -2.40. The molecule has 0 heterocycles. The molecule has 0 rings (SSSR count). The van der Waals surface area contributed by atoms with Crippen molar-refractivity contribution in [2.24, 2.45) is 0 Å². The van der Waals surface area contributed by atoms with Gasteiger partial charge in [0.2, 0.25) is 0 Å². The van der Waals surface area contributed by atoms with Crippen LogP contribution in [0.25, 0.3) is 0 Å². The number of nitriles is 2. The molecule has 0 saturated carbocycles. The maximum absolute atomic E-state index is 8.68. The number of hydrogen-bond donors (Lipinski definition) is 0. The van der Waals surface area contributed by atoms with Gasteiger partial charge in [0.25, 0.3) is 0 Å². The Labute approximate surface area is 86.9 Å². The van der Waals surface area contributed by atoms with Gasteiger partial charge in [-0.1, -0.05) is 6.92 Å². The first-order valence-corrected chi connectivity index (χ1v) is 5.17. The van der Waals surface area contributed by atoms with Crippen LogP contribution in [0.3, 0.4) is 0 Å². The van der Waals surface area contributed by atoms with Crippen LogP contribution in [-0.4, -0.2) is 23.5 Å². The minimum Gasteiger partial charge on any atom is -0.296 e. The average Bonchev–Trinajstić information content (AvgIpc) is 2.16. The van der Waals surface area contributed by atoms with Gasteiger partial charge < -0.3 is 0 Å². The van der Waals surface area contributed by atoms with Crippen molar-refractivity contribution >= 4 is 0 Å². The second-order valence-electron chi connectivity index (χ2n) is 3.66. The van der Waals surface area contributed by atoms with E-state index in [0.29, 0.717) is 24.9 Å². The van der Waals surface area contributed by atoms with E-state index in [2.05, 4.69) is 37.8 Å². The minimum absolute atomic E-state index is 0.299. The van der Waals surface area contributed by atoms with Crippen molar-refractivity contribution in [3.05, 3.63) is 0 Å². The lowest BCUT2D eigenvalue weighted by molar-refractivity contribution is 0.154. The lowest BCUT2D eigenvalue weighted by atomic mass is 10.1. The largest absolute Gasteiger partial charge is 0.296 e. The zero-order valence-electron chi connectivity index (χ0n) is 9.32. The molecule has 0 radical (unpaired) electrons. The van der Waals surface area contributed by atoms with E-state index in [1.54, 1.807) is 0 Å². The highest BCUT2D eigenvalue weighted by atomic mass is 15.2. The molecule has 14 heavy (non-hydrogen) atoms. The summed E-state index contributed by atoms with van der Waals surface area (Å²) < 4.78 is 0. The van der Waals surface area contributed by atoms with Crippen LogP contribution in [0.5, 0.6) is 0 Å². The minimum atomic E-state index is 0.299. The topological polar surface area (TPSA) is 50.8 Å². The lowest BCUT2D eigenvalue weighted by Gasteiger charge is -2.32. The molecular weight excluding hydrogens is 174 g/mol. The number of hydrogen-bond acceptors (Lipinski definition) is 3. The van der Waals surface area contributed by atoms with Crippen LogP contribution < -0.4 is 0 Å². The van der Waals surface area contributed by atoms with E-state index >= 15 is 0 Å². The Kier molecular flexibility index (Phi) is 6.80. The fourth-order valence-electron chi connectivity index (χ4n) is 1.64. The Bertz CT molecular complexity index is 222. The Morgan fingerprint density at radius 3 is 2.21 bits per heavy atom. The van der Waals surface area contributed by atoms with Crippen LogP contribution in [0.15, 0.2) is 0 Å². The van der Waals surface area contributed by atoms with Gasteiger partial charge in [-0.3, -0.25) is 4.90 Å². The Hall–Kier alpha value is -1.06. The van der Waals surface area contributed by atoms with E-state index < -0.39 is 0 Å². The van der Waals surface area contributed by atoms with Crippen LogP contribution in [0.4, 0.5) is 0 Å². The SMILES string of the molecule is CCC(CC#N)N(CCC#N)C(C)C. The molecule has 0 aliphatic rings. The van der Waals surface area contributed by atoms with E-state index in [9.17, 15) is 0 Å². The molecule has 0 fully saturated rings. The van der Waals surface area contributed by atoms with E-state index in [-0.39, 0.29) is 0 Å². The highest BCUT2D eigenvalue weighted by Gasteiger charge is 2.18. The van der Waals surface area contributed by atoms with E-state index in [4.69, 9.17) is 10.5 Å². The third-order valence-electron chi connectivity index (χ3n) is 2.41. The molecule has 0 aliphatic carbocycles. The van der Waals surface area contributed by atoms with Crippen molar-refractivity contribution in [2.75, 3.05) is 6.54 Å². The van der Waals surface area contributed by atoms with Gasteiger partial charge in [-0.05, 0) is 20.3 Å². The summed E-state index contributed by atoms with van der Waals surface area (Å²) >= 11 is 0. The van der Waals surface area contributed by atoms with Gasteiger partial charge in [0, 0.05) is 25.0 Å². The van der Waals surface area contributed by atoms with Crippen LogP contribution in [0, 0.1) is 22.7 Å². The monoisotopic (exact) mass is 193 g/mol. The van der Waals surface area contributed by atoms with Crippen LogP contribution in [-0.2, 0) is 0 Å². The second kappa shape index (κ2) is 7.35. The summed E-state index contributed by atoms with van der Waals surface area (Å²) in [7, 11) is 0. The summed E-state index contributed by atoms with van der Waals surface area (Å²) in [4.78, 5) is 2.24. The molecule has 0 bridgehead atoms. The van der Waals surface area contributed by atoms with Gasteiger partial charge in [0.05, 0.1) is 18.6 Å². The smallest absolute Gasteiger partial charge is 0.0638 e. The number of nitrogens with zero attached hydrogens (tertiary/aromatic N) is 3. The molecule has 3 nitrogen and oxygen atoms in total. The second-order valence-corrected chi connectivity index (χ2v) is 3.66. The van der Waals surface area contributed by atoms with Gasteiger partial charge in [0.15, 0.2) is 0 Å². The van der Waals surface area contributed by atoms with Crippen molar-refractivity contribution in [3.8, 4) is 12.1 Å². The van der Waals surface area contributed by atoms with Crippen LogP contribution in [0.2, 0.25) is 0 Å². The fraction of sp³-hybridized carbons (Fsp3) is 0.818. The van der Waals surface area contributed by atoms with Gasteiger partial charge in [-0.25, -0.2) is 0 Å². The molecule has 0 N–H and O–H groups in total. The molecule has 1 unspecified atom stereocenters. The zero-order valence-corrected chi connectivity index (χ0v) is 9.32. The Balaban J connectivity index is 4.30. The first kappa shape index (κ1) is 12.9. The molecule has 0 aromatic rings. The number of rotatable bonds is 6. The van der Waals surface area contributed by atoms with E-state index in [1.807, 2.05) is 0 Å². The highest BCUT2D eigenvalue weighted by Crippen LogP contribution is 2.12. The summed E-state index contributed by atoms with van der Waals surface area (Å²) in [6.45, 7) is 7.08. The predicted molar refractivity (Wildman–Crippen MR) is 56.4 cm³/mol. The molecule has 0 aromatic heterocycles. The maximum atomic E-state index is 8.68. The Morgan fingerprint density at radius 2 is 1.86 bits per heavy atom. The quantitative estimate of drug-likeness (QED) is 0.650. The van der Waals surface area contributed by atoms with Crippen molar-refractivity contribution in [3.63, 3.8) is 0 Å². The molecular formula is C11H19N3. The maximum Gasteiger partial charge on any atom is 0.0638 e. The van der Waals surface area contributed by atoms with Crippen molar-refractivity contribution in [1.82, 2.24) is 4.90 Å². The predicted octanol–water partition coefficient (Wildman–Crippen LogP) is 2.30. The summed E-state index contributed by atoms with van der Waals surface area (Å²) in [6, 6.07) is 5.06. The molecule has 3 heteroatoms. The van der Waals surface area contributed by atoms with Crippen LogP contribution >= 0.6 is 0 Å². The third-order valence-corrected chi connectivity index (χ3v) is 2.41. The van der Waals surface area contributed by atoms with Crippen LogP contribution in [0.1, 0.15) is 40.0 Å². The van der Waals surface area contributed by atoms with Gasteiger partial charge in [-0.2, -0.15) is 10.5 Å². The normalized spacial score (nSPS) is 12.5. The molecule has 0 aromatic carbocycles. The molecule has 1 atom stereocenters. The van der Waals surface area contributed by atoms with Crippen molar-refractivity contribution in [1.29, 1.82) is 10.5 Å². The fourth-order valence-corrected chi connectivity index (χ4v) is 1.64. The molecule has 0 amide bonds. The van der Waals surface area contributed by atoms with E-state index in [1.165, 1.54) is 0 Å². The van der Waals surface area contributed by atoms with Crippen molar-refractivity contribution < 1.29 is 0 Å². The third kappa shape index (κ3) is 4.25. The van der Waals surface area contributed by atoms with Crippen molar-refractivity contribution in [2.45, 2.75) is 52.1 Å². The van der Waals surface area contributed by atoms with Gasteiger partial charge >= 0.3 is 0 Å². The molecule has 78 valence electrons. The highest BCUT2D eigenvalue weighted by molar-refractivity contribution is 4.85.